The van der Waals surface area contributed by atoms with E-state index in [1.54, 1.807) is 12.5 Å². The molecule has 0 spiro atoms. The number of rotatable bonds is 2. The molecule has 22 heavy (non-hydrogen) atoms. The molecule has 2 fully saturated rings. The lowest BCUT2D eigenvalue weighted by molar-refractivity contribution is 0.533. The summed E-state index contributed by atoms with van der Waals surface area (Å²) >= 11 is 0. The highest BCUT2D eigenvalue weighted by atomic mass is 15.3. The first-order valence-electron chi connectivity index (χ1n) is 7.76. The number of hydrogen-bond acceptors (Lipinski definition) is 6. The van der Waals surface area contributed by atoms with Crippen molar-refractivity contribution in [2.45, 2.75) is 13.8 Å². The minimum absolute atomic E-state index is 0.678. The normalized spacial score (nSPS) is 23.9. The van der Waals surface area contributed by atoms with E-state index >= 15 is 0 Å². The lowest BCUT2D eigenvalue weighted by Crippen LogP contribution is -2.29. The Hall–Kier alpha value is -2.24. The molecule has 2 atom stereocenters. The van der Waals surface area contributed by atoms with Crippen molar-refractivity contribution >= 4 is 11.6 Å². The highest BCUT2D eigenvalue weighted by molar-refractivity contribution is 5.44. The number of anilines is 2. The molecule has 2 aliphatic heterocycles. The first-order valence-corrected chi connectivity index (χ1v) is 7.76. The maximum absolute atomic E-state index is 4.60. The Bertz CT molecular complexity index is 616. The smallest absolute Gasteiger partial charge is 0.147 e. The van der Waals surface area contributed by atoms with E-state index in [0.717, 1.165) is 49.2 Å². The molecule has 6 heteroatoms. The molecule has 0 saturated carbocycles. The topological polar surface area (TPSA) is 58.0 Å². The largest absolute Gasteiger partial charge is 0.356 e. The summed E-state index contributed by atoms with van der Waals surface area (Å²) in [6.45, 7) is 8.26. The van der Waals surface area contributed by atoms with Gasteiger partial charge in [-0.3, -0.25) is 4.98 Å². The van der Waals surface area contributed by atoms with Gasteiger partial charge in [0.15, 0.2) is 0 Å². The van der Waals surface area contributed by atoms with Crippen molar-refractivity contribution in [3.63, 3.8) is 0 Å². The molecule has 114 valence electrons. The Morgan fingerprint density at radius 1 is 0.864 bits per heavy atom. The third kappa shape index (κ3) is 2.38. The third-order valence-corrected chi connectivity index (χ3v) is 4.67. The van der Waals surface area contributed by atoms with Gasteiger partial charge in [0.25, 0.3) is 0 Å². The molecule has 2 unspecified atom stereocenters. The summed E-state index contributed by atoms with van der Waals surface area (Å²) in [5.74, 6) is 3.43. The summed E-state index contributed by atoms with van der Waals surface area (Å²) < 4.78 is 0. The van der Waals surface area contributed by atoms with Crippen molar-refractivity contribution < 1.29 is 0 Å². The van der Waals surface area contributed by atoms with Gasteiger partial charge in [0.1, 0.15) is 18.0 Å². The van der Waals surface area contributed by atoms with Gasteiger partial charge in [-0.05, 0) is 13.8 Å². The van der Waals surface area contributed by atoms with E-state index < -0.39 is 0 Å². The standard InChI is InChI=1S/C16H20N6/c1-11-3-15(19-10-18-11)21-6-13-8-22(9-14(13)7-21)16-5-17-4-12(2)20-16/h3-5,10,13-14H,6-9H2,1-2H3. The van der Waals surface area contributed by atoms with Crippen molar-refractivity contribution in [3.8, 4) is 0 Å². The van der Waals surface area contributed by atoms with Crippen LogP contribution in [0.3, 0.4) is 0 Å². The van der Waals surface area contributed by atoms with Crippen LogP contribution in [0.1, 0.15) is 11.4 Å². The molecule has 0 N–H and O–H groups in total. The second-order valence-electron chi connectivity index (χ2n) is 6.37. The molecule has 4 heterocycles. The van der Waals surface area contributed by atoms with Gasteiger partial charge in [0, 0.05) is 56.0 Å². The van der Waals surface area contributed by atoms with Crippen LogP contribution in [0.2, 0.25) is 0 Å². The van der Waals surface area contributed by atoms with Crippen molar-refractivity contribution in [1.29, 1.82) is 0 Å². The summed E-state index contributed by atoms with van der Waals surface area (Å²) in [6, 6.07) is 2.07. The molecule has 2 saturated heterocycles. The second-order valence-corrected chi connectivity index (χ2v) is 6.37. The number of aromatic nitrogens is 4. The SMILES string of the molecule is Cc1cc(N2CC3CN(c4cncc(C)n4)CC3C2)ncn1. The van der Waals surface area contributed by atoms with Gasteiger partial charge in [-0.25, -0.2) is 15.0 Å². The van der Waals surface area contributed by atoms with Gasteiger partial charge < -0.3 is 9.80 Å². The summed E-state index contributed by atoms with van der Waals surface area (Å²) in [4.78, 5) is 22.2. The van der Waals surface area contributed by atoms with Crippen LogP contribution in [-0.4, -0.2) is 46.1 Å². The van der Waals surface area contributed by atoms with Gasteiger partial charge in [-0.1, -0.05) is 0 Å². The van der Waals surface area contributed by atoms with Gasteiger partial charge in [0.05, 0.1) is 11.9 Å². The van der Waals surface area contributed by atoms with Crippen LogP contribution in [0, 0.1) is 25.7 Å². The molecular formula is C16H20N6. The van der Waals surface area contributed by atoms with E-state index in [-0.39, 0.29) is 0 Å². The van der Waals surface area contributed by atoms with E-state index in [2.05, 4.69) is 35.8 Å². The van der Waals surface area contributed by atoms with Crippen molar-refractivity contribution in [2.75, 3.05) is 36.0 Å². The van der Waals surface area contributed by atoms with Crippen LogP contribution in [0.25, 0.3) is 0 Å². The maximum atomic E-state index is 4.60. The predicted molar refractivity (Wildman–Crippen MR) is 84.9 cm³/mol. The van der Waals surface area contributed by atoms with Crippen LogP contribution >= 0.6 is 0 Å². The molecule has 0 aliphatic carbocycles. The highest BCUT2D eigenvalue weighted by Crippen LogP contribution is 2.34. The third-order valence-electron chi connectivity index (χ3n) is 4.67. The molecular weight excluding hydrogens is 276 g/mol. The number of nitrogens with zero attached hydrogens (tertiary/aromatic N) is 6. The van der Waals surface area contributed by atoms with E-state index in [1.165, 1.54) is 0 Å². The van der Waals surface area contributed by atoms with Gasteiger partial charge >= 0.3 is 0 Å². The Morgan fingerprint density at radius 3 is 2.18 bits per heavy atom. The summed E-state index contributed by atoms with van der Waals surface area (Å²) in [6.07, 6.45) is 5.34. The predicted octanol–water partition coefficient (Wildman–Crippen LogP) is 1.46. The van der Waals surface area contributed by atoms with Crippen molar-refractivity contribution in [2.24, 2.45) is 11.8 Å². The van der Waals surface area contributed by atoms with Crippen LogP contribution in [-0.2, 0) is 0 Å². The molecule has 2 aromatic heterocycles. The van der Waals surface area contributed by atoms with Crippen LogP contribution in [0.15, 0.2) is 24.8 Å². The summed E-state index contributed by atoms with van der Waals surface area (Å²) in [5.41, 5.74) is 2.01. The lowest BCUT2D eigenvalue weighted by Gasteiger charge is -2.23. The van der Waals surface area contributed by atoms with Crippen LogP contribution in [0.5, 0.6) is 0 Å². The zero-order valence-electron chi connectivity index (χ0n) is 13.0. The van der Waals surface area contributed by atoms with Crippen LogP contribution in [0.4, 0.5) is 11.6 Å². The first kappa shape index (κ1) is 13.4. The van der Waals surface area contributed by atoms with E-state index in [9.17, 15) is 0 Å². The van der Waals surface area contributed by atoms with Crippen molar-refractivity contribution in [3.05, 3.63) is 36.2 Å². The molecule has 0 aromatic carbocycles. The average molecular weight is 296 g/mol. The fourth-order valence-corrected chi connectivity index (χ4v) is 3.58. The molecule has 6 nitrogen and oxygen atoms in total. The molecule has 0 bridgehead atoms. The summed E-state index contributed by atoms with van der Waals surface area (Å²) in [7, 11) is 0. The Kier molecular flexibility index (Phi) is 3.17. The van der Waals surface area contributed by atoms with E-state index in [0.29, 0.717) is 11.8 Å². The Morgan fingerprint density at radius 2 is 1.55 bits per heavy atom. The molecule has 2 aromatic rings. The monoisotopic (exact) mass is 296 g/mol. The number of hydrogen-bond donors (Lipinski definition) is 0. The molecule has 2 aliphatic rings. The van der Waals surface area contributed by atoms with Gasteiger partial charge in [0.2, 0.25) is 0 Å². The maximum Gasteiger partial charge on any atom is 0.147 e. The molecule has 0 amide bonds. The average Bonchev–Trinajstić information content (AvgIpc) is 3.05. The number of fused-ring (bicyclic) bond motifs is 1. The summed E-state index contributed by atoms with van der Waals surface area (Å²) in [5, 5.41) is 0. The minimum atomic E-state index is 0.678. The van der Waals surface area contributed by atoms with Gasteiger partial charge in [-0.15, -0.1) is 0 Å². The zero-order chi connectivity index (χ0) is 15.1. The Labute approximate surface area is 130 Å². The zero-order valence-corrected chi connectivity index (χ0v) is 13.0. The fourth-order valence-electron chi connectivity index (χ4n) is 3.58. The quantitative estimate of drug-likeness (QED) is 0.836. The van der Waals surface area contributed by atoms with E-state index in [1.807, 2.05) is 20.0 Å². The second kappa shape index (κ2) is 5.19. The first-order chi connectivity index (χ1) is 10.7. The van der Waals surface area contributed by atoms with E-state index in [4.69, 9.17) is 0 Å². The fraction of sp³-hybridized carbons (Fsp3) is 0.500. The van der Waals surface area contributed by atoms with Gasteiger partial charge in [-0.2, -0.15) is 0 Å². The van der Waals surface area contributed by atoms with Crippen molar-refractivity contribution in [1.82, 2.24) is 19.9 Å². The minimum Gasteiger partial charge on any atom is -0.356 e. The Balaban J connectivity index is 1.46. The highest BCUT2D eigenvalue weighted by Gasteiger charge is 2.40. The lowest BCUT2D eigenvalue weighted by atomic mass is 10.0. The number of aryl methyl sites for hydroxylation is 2. The molecule has 0 radical (unpaired) electrons. The van der Waals surface area contributed by atoms with Crippen LogP contribution < -0.4 is 9.80 Å². The molecule has 4 rings (SSSR count).